The first kappa shape index (κ1) is 25.5. The van der Waals surface area contributed by atoms with Crippen LogP contribution in [0.1, 0.15) is 11.1 Å². The second-order valence-corrected chi connectivity index (χ2v) is 9.26. The lowest BCUT2D eigenvalue weighted by Gasteiger charge is -2.49. The van der Waals surface area contributed by atoms with Gasteiger partial charge in [0.1, 0.15) is 29.5 Å². The first-order chi connectivity index (χ1) is 17.5. The number of rotatable bonds is 10. The molecule has 2 aromatic rings. The number of β-lactam (4-membered cyclic amide) rings is 1. The highest BCUT2D eigenvalue weighted by Gasteiger charge is 2.54. The van der Waals surface area contributed by atoms with Gasteiger partial charge in [0, 0.05) is 5.75 Å². The van der Waals surface area contributed by atoms with Crippen molar-refractivity contribution < 1.29 is 28.7 Å². The summed E-state index contributed by atoms with van der Waals surface area (Å²) < 4.78 is 10.7. The van der Waals surface area contributed by atoms with Gasteiger partial charge in [0.2, 0.25) is 5.91 Å². The van der Waals surface area contributed by atoms with Crippen LogP contribution in [-0.4, -0.2) is 53.6 Å². The van der Waals surface area contributed by atoms with Gasteiger partial charge in [-0.15, -0.1) is 11.8 Å². The van der Waals surface area contributed by atoms with Crippen molar-refractivity contribution in [1.29, 1.82) is 0 Å². The van der Waals surface area contributed by atoms with Crippen LogP contribution in [0.3, 0.4) is 0 Å². The molecule has 1 saturated heterocycles. The van der Waals surface area contributed by atoms with Crippen LogP contribution in [-0.2, 0) is 37.0 Å². The van der Waals surface area contributed by atoms with Crippen molar-refractivity contribution in [3.05, 3.63) is 89.1 Å². The van der Waals surface area contributed by atoms with Crippen LogP contribution in [0.15, 0.2) is 78.0 Å². The molecule has 2 aliphatic rings. The summed E-state index contributed by atoms with van der Waals surface area (Å²) >= 11 is 1.47. The molecule has 2 heterocycles. The number of esters is 1. The minimum atomic E-state index is -0.714. The lowest BCUT2D eigenvalue weighted by Crippen LogP contribution is -2.70. The lowest BCUT2D eigenvalue weighted by atomic mass is 10.0. The lowest BCUT2D eigenvalue weighted by molar-refractivity contribution is -0.153. The van der Waals surface area contributed by atoms with Crippen LogP contribution in [0.2, 0.25) is 0 Å². The molecule has 2 aromatic carbocycles. The number of nitrogens with zero attached hydrogens (tertiary/aromatic N) is 1. The van der Waals surface area contributed by atoms with Gasteiger partial charge in [0.05, 0.1) is 20.1 Å². The average Bonchev–Trinajstić information content (AvgIpc) is 2.91. The molecule has 0 unspecified atom stereocenters. The Morgan fingerprint density at radius 3 is 2.58 bits per heavy atom. The smallest absolute Gasteiger partial charge is 0.355 e. The number of fused-ring (bicyclic) bond motifs is 1. The van der Waals surface area contributed by atoms with E-state index in [9.17, 15) is 14.4 Å². The van der Waals surface area contributed by atoms with Crippen molar-refractivity contribution in [2.24, 2.45) is 5.90 Å². The van der Waals surface area contributed by atoms with E-state index in [-0.39, 0.29) is 37.1 Å². The molecule has 10 heteroatoms. The van der Waals surface area contributed by atoms with E-state index in [1.54, 1.807) is 43.5 Å². The fourth-order valence-corrected chi connectivity index (χ4v) is 5.27. The topological polar surface area (TPSA) is 120 Å². The molecule has 2 atom stereocenters. The Labute approximate surface area is 213 Å². The highest BCUT2D eigenvalue weighted by Crippen LogP contribution is 2.41. The number of methoxy groups -OCH3 is 1. The first-order valence-corrected chi connectivity index (χ1v) is 12.4. The maximum absolute atomic E-state index is 13.2. The number of nitrogens with two attached hydrogens (primary N) is 1. The third-order valence-corrected chi connectivity index (χ3v) is 7.06. The van der Waals surface area contributed by atoms with Crippen molar-refractivity contribution in [2.45, 2.75) is 24.4 Å². The summed E-state index contributed by atoms with van der Waals surface area (Å²) in [6.07, 6.45) is 3.53. The Kier molecular flexibility index (Phi) is 8.42. The van der Waals surface area contributed by atoms with Gasteiger partial charge in [-0.1, -0.05) is 54.6 Å². The quantitative estimate of drug-likeness (QED) is 0.284. The molecule has 1 fully saturated rings. The molecule has 188 valence electrons. The zero-order valence-corrected chi connectivity index (χ0v) is 20.5. The average molecular weight is 510 g/mol. The summed E-state index contributed by atoms with van der Waals surface area (Å²) in [7, 11) is 1.57. The second kappa shape index (κ2) is 11.9. The molecule has 0 aromatic heterocycles. The van der Waals surface area contributed by atoms with Crippen molar-refractivity contribution >= 4 is 29.5 Å². The fourth-order valence-electron chi connectivity index (χ4n) is 3.95. The fraction of sp³-hybridized carbons (Fsp3) is 0.269. The van der Waals surface area contributed by atoms with E-state index < -0.39 is 17.4 Å². The maximum Gasteiger partial charge on any atom is 0.355 e. The van der Waals surface area contributed by atoms with Crippen LogP contribution in [0.25, 0.3) is 0 Å². The summed E-state index contributed by atoms with van der Waals surface area (Å²) in [5.41, 5.74) is 2.42. The monoisotopic (exact) mass is 509 g/mol. The normalized spacial score (nSPS) is 19.1. The molecular weight excluding hydrogens is 482 g/mol. The molecule has 0 saturated carbocycles. The third kappa shape index (κ3) is 5.78. The van der Waals surface area contributed by atoms with Crippen molar-refractivity contribution in [3.8, 4) is 5.75 Å². The van der Waals surface area contributed by atoms with Gasteiger partial charge >= 0.3 is 5.97 Å². The Balaban J connectivity index is 1.47. The van der Waals surface area contributed by atoms with Crippen molar-refractivity contribution in [2.75, 3.05) is 19.5 Å². The van der Waals surface area contributed by atoms with Crippen LogP contribution < -0.4 is 16.0 Å². The number of benzene rings is 2. The molecule has 0 aliphatic carbocycles. The van der Waals surface area contributed by atoms with Gasteiger partial charge in [0.25, 0.3) is 5.91 Å². The van der Waals surface area contributed by atoms with E-state index in [1.807, 2.05) is 30.3 Å². The van der Waals surface area contributed by atoms with Crippen LogP contribution in [0, 0.1) is 0 Å². The SMILES string of the molecule is COc1ccc(COC(=O)C2=C(/C=C\CON)CS[C@@H]3[C@H](NC(=O)Cc4ccccc4)C(=O)N23)cc1. The zero-order chi connectivity index (χ0) is 25.5. The van der Waals surface area contributed by atoms with Gasteiger partial charge in [-0.2, -0.15) is 0 Å². The number of amides is 2. The van der Waals surface area contributed by atoms with E-state index >= 15 is 0 Å². The summed E-state index contributed by atoms with van der Waals surface area (Å²) in [5.74, 6) is 5.02. The van der Waals surface area contributed by atoms with Gasteiger partial charge in [-0.3, -0.25) is 14.5 Å². The van der Waals surface area contributed by atoms with Gasteiger partial charge in [-0.05, 0) is 28.8 Å². The summed E-state index contributed by atoms with van der Waals surface area (Å²) in [6, 6.07) is 15.7. The number of allylic oxidation sites excluding steroid dienone is 1. The van der Waals surface area contributed by atoms with Gasteiger partial charge in [0.15, 0.2) is 0 Å². The van der Waals surface area contributed by atoms with Crippen LogP contribution in [0.5, 0.6) is 5.75 Å². The van der Waals surface area contributed by atoms with Gasteiger partial charge in [-0.25, -0.2) is 10.7 Å². The molecule has 9 nitrogen and oxygen atoms in total. The summed E-state index contributed by atoms with van der Waals surface area (Å²) in [4.78, 5) is 44.8. The molecule has 36 heavy (non-hydrogen) atoms. The number of hydrogen-bond acceptors (Lipinski definition) is 8. The number of ether oxygens (including phenoxy) is 2. The Morgan fingerprint density at radius 2 is 1.89 bits per heavy atom. The minimum Gasteiger partial charge on any atom is -0.497 e. The van der Waals surface area contributed by atoms with Gasteiger partial charge < -0.3 is 19.6 Å². The molecule has 0 spiro atoms. The zero-order valence-electron chi connectivity index (χ0n) is 19.7. The molecule has 2 aliphatic heterocycles. The van der Waals surface area contributed by atoms with E-state index in [2.05, 4.69) is 10.2 Å². The van der Waals surface area contributed by atoms with Crippen molar-refractivity contribution in [3.63, 3.8) is 0 Å². The maximum atomic E-state index is 13.2. The Hall–Kier alpha value is -3.60. The second-order valence-electron chi connectivity index (χ2n) is 8.15. The van der Waals surface area contributed by atoms with E-state index in [1.165, 1.54) is 16.7 Å². The predicted octanol–water partition coefficient (Wildman–Crippen LogP) is 2.08. The number of nitrogens with one attached hydrogen (secondary N) is 1. The molecular formula is C26H27N3O6S. The van der Waals surface area contributed by atoms with E-state index in [4.69, 9.17) is 15.4 Å². The van der Waals surface area contributed by atoms with E-state index in [0.717, 1.165) is 11.1 Å². The molecule has 0 bridgehead atoms. The third-order valence-electron chi connectivity index (χ3n) is 5.76. The summed E-state index contributed by atoms with van der Waals surface area (Å²) in [5, 5.41) is 2.42. The Morgan fingerprint density at radius 1 is 1.14 bits per heavy atom. The standard InChI is InChI=1S/C26H27N3O6S/c1-33-20-11-9-18(10-12-20)15-34-26(32)23-19(8-5-13-35-27)16-36-25-22(24(31)29(23)25)28-21(30)14-17-6-3-2-4-7-17/h2-12,22,25H,13-16,27H2,1H3,(H,28,30)/b8-5-/t22-,25-/m1/s1. The highest BCUT2D eigenvalue weighted by molar-refractivity contribution is 8.00. The number of carbonyl (C=O) groups is 3. The van der Waals surface area contributed by atoms with Crippen LogP contribution in [0.4, 0.5) is 0 Å². The number of thioether (sulfide) groups is 1. The molecule has 0 radical (unpaired) electrons. The van der Waals surface area contributed by atoms with Crippen molar-refractivity contribution in [1.82, 2.24) is 10.2 Å². The molecule has 2 amide bonds. The minimum absolute atomic E-state index is 0.0340. The molecule has 4 rings (SSSR count). The van der Waals surface area contributed by atoms with Crippen LogP contribution >= 0.6 is 11.8 Å². The number of hydrogen-bond donors (Lipinski definition) is 2. The largest absolute Gasteiger partial charge is 0.497 e. The first-order valence-electron chi connectivity index (χ1n) is 11.3. The summed E-state index contributed by atoms with van der Waals surface area (Å²) in [6.45, 7) is 0.185. The Bertz CT molecular complexity index is 1170. The predicted molar refractivity (Wildman–Crippen MR) is 134 cm³/mol. The number of carbonyl (C=O) groups excluding carboxylic acids is 3. The van der Waals surface area contributed by atoms with E-state index in [0.29, 0.717) is 17.1 Å². The highest BCUT2D eigenvalue weighted by atomic mass is 32.2. The molecule has 3 N–H and O–H groups in total.